The normalized spacial score (nSPS) is 21.4. The number of aryl methyl sites for hydroxylation is 1. The van der Waals surface area contributed by atoms with Crippen LogP contribution in [0.25, 0.3) is 10.9 Å². The summed E-state index contributed by atoms with van der Waals surface area (Å²) in [5.41, 5.74) is 2.28. The molecule has 0 unspecified atom stereocenters. The van der Waals surface area contributed by atoms with Gasteiger partial charge in [0.1, 0.15) is 0 Å². The molecule has 2 aliphatic rings. The van der Waals surface area contributed by atoms with Crippen molar-refractivity contribution in [3.63, 3.8) is 0 Å². The highest BCUT2D eigenvalue weighted by atomic mass is 16.3. The van der Waals surface area contributed by atoms with E-state index in [-0.39, 0.29) is 18.9 Å². The van der Waals surface area contributed by atoms with Gasteiger partial charge < -0.3 is 10.0 Å². The SMILES string of the molecule is Cn1nc(N2CCC(=O)NC2=O)c2ccc([C@@H]3CCCN(CCCO)C3)cc21. The van der Waals surface area contributed by atoms with E-state index in [0.29, 0.717) is 18.3 Å². The maximum Gasteiger partial charge on any atom is 0.329 e. The van der Waals surface area contributed by atoms with Gasteiger partial charge in [0.05, 0.1) is 5.52 Å². The number of imide groups is 1. The lowest BCUT2D eigenvalue weighted by Gasteiger charge is -2.33. The topological polar surface area (TPSA) is 90.7 Å². The number of nitrogens with one attached hydrogen (secondary N) is 1. The minimum absolute atomic E-state index is 0.237. The molecule has 8 nitrogen and oxygen atoms in total. The Kier molecular flexibility index (Phi) is 5.32. The molecule has 8 heteroatoms. The molecule has 150 valence electrons. The van der Waals surface area contributed by atoms with Crippen molar-refractivity contribution in [2.45, 2.75) is 31.6 Å². The highest BCUT2D eigenvalue weighted by Crippen LogP contribution is 2.32. The number of aromatic nitrogens is 2. The molecule has 2 aliphatic heterocycles. The number of likely N-dealkylation sites (tertiary alicyclic amines) is 1. The minimum atomic E-state index is -0.410. The zero-order valence-corrected chi connectivity index (χ0v) is 16.2. The number of piperidine rings is 1. The van der Waals surface area contributed by atoms with Gasteiger partial charge in [-0.05, 0) is 49.4 Å². The van der Waals surface area contributed by atoms with Crippen molar-refractivity contribution in [2.24, 2.45) is 7.05 Å². The molecule has 1 aromatic carbocycles. The van der Waals surface area contributed by atoms with Crippen LogP contribution in [-0.4, -0.2) is 64.5 Å². The van der Waals surface area contributed by atoms with E-state index in [1.807, 2.05) is 17.8 Å². The average molecular weight is 385 g/mol. The summed E-state index contributed by atoms with van der Waals surface area (Å²) in [4.78, 5) is 27.6. The lowest BCUT2D eigenvalue weighted by molar-refractivity contribution is -0.120. The maximum atomic E-state index is 12.2. The molecule has 0 aliphatic carbocycles. The van der Waals surface area contributed by atoms with Crippen molar-refractivity contribution in [3.8, 4) is 0 Å². The molecule has 2 aromatic rings. The minimum Gasteiger partial charge on any atom is -0.396 e. The molecule has 2 fully saturated rings. The third kappa shape index (κ3) is 3.62. The van der Waals surface area contributed by atoms with Gasteiger partial charge >= 0.3 is 6.03 Å². The summed E-state index contributed by atoms with van der Waals surface area (Å²) in [6, 6.07) is 5.95. The van der Waals surface area contributed by atoms with Gasteiger partial charge in [0, 0.05) is 45.1 Å². The number of carbonyl (C=O) groups excluding carboxylic acids is 2. The summed E-state index contributed by atoms with van der Waals surface area (Å²) < 4.78 is 1.81. The Hall–Kier alpha value is -2.45. The Bertz CT molecular complexity index is 893. The summed E-state index contributed by atoms with van der Waals surface area (Å²) in [5, 5.41) is 16.9. The standard InChI is InChI=1S/C20H27N5O3/c1-23-17-12-14(15-4-2-8-24(13-15)9-3-11-26)5-6-16(17)19(22-23)25-10-7-18(27)21-20(25)28/h5-6,12,15,26H,2-4,7-11,13H2,1H3,(H,21,27,28)/t15-/m1/s1. The second-order valence-corrected chi connectivity index (χ2v) is 7.70. The summed E-state index contributed by atoms with van der Waals surface area (Å²) in [6.45, 7) is 3.62. The molecule has 28 heavy (non-hydrogen) atoms. The molecule has 1 aromatic heterocycles. The average Bonchev–Trinajstić information content (AvgIpc) is 3.02. The van der Waals surface area contributed by atoms with E-state index in [1.165, 1.54) is 5.56 Å². The van der Waals surface area contributed by atoms with Crippen molar-refractivity contribution in [3.05, 3.63) is 23.8 Å². The lowest BCUT2D eigenvalue weighted by atomic mass is 9.90. The van der Waals surface area contributed by atoms with Crippen LogP contribution in [0.15, 0.2) is 18.2 Å². The number of fused-ring (bicyclic) bond motifs is 1. The molecule has 3 heterocycles. The Labute approximate surface area is 164 Å². The molecule has 3 amide bonds. The van der Waals surface area contributed by atoms with E-state index in [4.69, 9.17) is 5.11 Å². The van der Waals surface area contributed by atoms with Crippen LogP contribution in [0.5, 0.6) is 0 Å². The Balaban J connectivity index is 1.59. The van der Waals surface area contributed by atoms with Gasteiger partial charge in [0.2, 0.25) is 5.91 Å². The zero-order chi connectivity index (χ0) is 19.7. The van der Waals surface area contributed by atoms with E-state index in [2.05, 4.69) is 27.4 Å². The fourth-order valence-corrected chi connectivity index (χ4v) is 4.30. The van der Waals surface area contributed by atoms with Crippen molar-refractivity contribution >= 4 is 28.7 Å². The molecule has 2 saturated heterocycles. The van der Waals surface area contributed by atoms with Gasteiger partial charge in [0.15, 0.2) is 5.82 Å². The quantitative estimate of drug-likeness (QED) is 0.816. The zero-order valence-electron chi connectivity index (χ0n) is 16.2. The summed E-state index contributed by atoms with van der Waals surface area (Å²) in [7, 11) is 1.89. The fraction of sp³-hybridized carbons (Fsp3) is 0.550. The van der Waals surface area contributed by atoms with Gasteiger partial charge in [-0.15, -0.1) is 0 Å². The van der Waals surface area contributed by atoms with E-state index in [0.717, 1.165) is 49.8 Å². The second kappa shape index (κ2) is 7.89. The Morgan fingerprint density at radius 3 is 2.93 bits per heavy atom. The molecule has 1 atom stereocenters. The van der Waals surface area contributed by atoms with E-state index < -0.39 is 6.03 Å². The smallest absolute Gasteiger partial charge is 0.329 e. The number of aliphatic hydroxyl groups is 1. The second-order valence-electron chi connectivity index (χ2n) is 7.70. The van der Waals surface area contributed by atoms with Crippen molar-refractivity contribution in [1.82, 2.24) is 20.0 Å². The Morgan fingerprint density at radius 1 is 1.29 bits per heavy atom. The number of anilines is 1. The van der Waals surface area contributed by atoms with Crippen molar-refractivity contribution in [1.29, 1.82) is 0 Å². The molecule has 0 saturated carbocycles. The first-order valence-electron chi connectivity index (χ1n) is 9.98. The predicted octanol–water partition coefficient (Wildman–Crippen LogP) is 1.58. The first-order chi connectivity index (χ1) is 13.6. The van der Waals surface area contributed by atoms with Crippen LogP contribution in [0.3, 0.4) is 0 Å². The number of benzene rings is 1. The summed E-state index contributed by atoms with van der Waals surface area (Å²) in [5.74, 6) is 0.820. The molecular weight excluding hydrogens is 358 g/mol. The molecule has 2 N–H and O–H groups in total. The van der Waals surface area contributed by atoms with E-state index >= 15 is 0 Å². The molecule has 0 bridgehead atoms. The van der Waals surface area contributed by atoms with Crippen LogP contribution in [0.2, 0.25) is 0 Å². The number of urea groups is 1. The molecular formula is C20H27N5O3. The van der Waals surface area contributed by atoms with Crippen LogP contribution in [0.4, 0.5) is 10.6 Å². The van der Waals surface area contributed by atoms with Gasteiger partial charge in [-0.25, -0.2) is 4.79 Å². The summed E-state index contributed by atoms with van der Waals surface area (Å²) in [6.07, 6.45) is 3.42. The van der Waals surface area contributed by atoms with Crippen LogP contribution < -0.4 is 10.2 Å². The van der Waals surface area contributed by atoms with Gasteiger partial charge in [0.25, 0.3) is 0 Å². The Morgan fingerprint density at radius 2 is 2.14 bits per heavy atom. The van der Waals surface area contributed by atoms with Gasteiger partial charge in [-0.3, -0.25) is 19.7 Å². The number of hydrogen-bond donors (Lipinski definition) is 2. The number of hydrogen-bond acceptors (Lipinski definition) is 5. The number of aliphatic hydroxyl groups excluding tert-OH is 1. The maximum absolute atomic E-state index is 12.2. The predicted molar refractivity (Wildman–Crippen MR) is 106 cm³/mol. The third-order valence-electron chi connectivity index (χ3n) is 5.78. The first kappa shape index (κ1) is 18.9. The number of amides is 3. The largest absolute Gasteiger partial charge is 0.396 e. The highest BCUT2D eigenvalue weighted by Gasteiger charge is 2.28. The van der Waals surface area contributed by atoms with Crippen LogP contribution in [-0.2, 0) is 11.8 Å². The third-order valence-corrected chi connectivity index (χ3v) is 5.78. The first-order valence-corrected chi connectivity index (χ1v) is 9.98. The van der Waals surface area contributed by atoms with Gasteiger partial charge in [-0.2, -0.15) is 5.10 Å². The van der Waals surface area contributed by atoms with Crippen LogP contribution >= 0.6 is 0 Å². The number of rotatable bonds is 5. The fourth-order valence-electron chi connectivity index (χ4n) is 4.30. The number of carbonyl (C=O) groups is 2. The van der Waals surface area contributed by atoms with Crippen LogP contribution in [0.1, 0.15) is 37.2 Å². The molecule has 4 rings (SSSR count). The number of nitrogens with zero attached hydrogens (tertiary/aromatic N) is 4. The van der Waals surface area contributed by atoms with E-state index in [9.17, 15) is 9.59 Å². The van der Waals surface area contributed by atoms with Crippen molar-refractivity contribution < 1.29 is 14.7 Å². The van der Waals surface area contributed by atoms with Gasteiger partial charge in [-0.1, -0.05) is 6.07 Å². The lowest BCUT2D eigenvalue weighted by Crippen LogP contribution is -2.49. The highest BCUT2D eigenvalue weighted by molar-refractivity contribution is 6.08. The van der Waals surface area contributed by atoms with Crippen molar-refractivity contribution in [2.75, 3.05) is 37.7 Å². The monoisotopic (exact) mass is 385 g/mol. The molecule has 0 radical (unpaired) electrons. The van der Waals surface area contributed by atoms with E-state index in [1.54, 1.807) is 4.90 Å². The molecule has 0 spiro atoms. The van der Waals surface area contributed by atoms with Crippen LogP contribution in [0, 0.1) is 0 Å². The summed E-state index contributed by atoms with van der Waals surface area (Å²) >= 11 is 0.